The fourth-order valence-corrected chi connectivity index (χ4v) is 2.47. The third kappa shape index (κ3) is 3.11. The number of fused-ring (bicyclic) bond motifs is 1. The molecule has 0 bridgehead atoms. The average molecular weight is 344 g/mol. The molecule has 0 fully saturated rings. The molecule has 3 rings (SSSR count). The Bertz CT molecular complexity index is 815. The second-order valence-electron chi connectivity index (χ2n) is 4.67. The summed E-state index contributed by atoms with van der Waals surface area (Å²) in [5.74, 6) is -0.546. The predicted octanol–water partition coefficient (Wildman–Crippen LogP) is 4.99. The van der Waals surface area contributed by atoms with Gasteiger partial charge >= 0.3 is 0 Å². The maximum Gasteiger partial charge on any atom is 0.255 e. The van der Waals surface area contributed by atoms with E-state index in [9.17, 15) is 9.18 Å². The quantitative estimate of drug-likeness (QED) is 0.697. The van der Waals surface area contributed by atoms with Crippen LogP contribution in [0, 0.1) is 5.82 Å². The van der Waals surface area contributed by atoms with Crippen molar-refractivity contribution in [1.29, 1.82) is 0 Å². The van der Waals surface area contributed by atoms with Gasteiger partial charge in [-0.15, -0.1) is 0 Å². The highest BCUT2D eigenvalue weighted by atomic mass is 79.9. The summed E-state index contributed by atoms with van der Waals surface area (Å²) < 4.78 is 13.8. The lowest BCUT2D eigenvalue weighted by atomic mass is 10.1. The molecular formula is C17H11BrFNO. The molecule has 4 heteroatoms. The van der Waals surface area contributed by atoms with Crippen molar-refractivity contribution < 1.29 is 9.18 Å². The summed E-state index contributed by atoms with van der Waals surface area (Å²) in [6.07, 6.45) is 0. The Morgan fingerprint density at radius 3 is 2.33 bits per heavy atom. The topological polar surface area (TPSA) is 29.1 Å². The van der Waals surface area contributed by atoms with Gasteiger partial charge < -0.3 is 5.32 Å². The first-order chi connectivity index (χ1) is 10.1. The number of anilines is 1. The third-order valence-electron chi connectivity index (χ3n) is 3.17. The van der Waals surface area contributed by atoms with Gasteiger partial charge in [-0.05, 0) is 59.3 Å². The second kappa shape index (κ2) is 5.66. The van der Waals surface area contributed by atoms with Crippen molar-refractivity contribution in [2.45, 2.75) is 0 Å². The molecule has 104 valence electrons. The molecule has 1 N–H and O–H groups in total. The number of hydrogen-bond donors (Lipinski definition) is 1. The maximum atomic E-state index is 12.8. The highest BCUT2D eigenvalue weighted by Gasteiger charge is 2.07. The van der Waals surface area contributed by atoms with Gasteiger partial charge in [0.1, 0.15) is 5.82 Å². The molecule has 0 radical (unpaired) electrons. The fraction of sp³-hybridized carbons (Fsp3) is 0. The molecule has 0 atom stereocenters. The Hall–Kier alpha value is -2.20. The molecule has 3 aromatic carbocycles. The molecule has 0 saturated heterocycles. The first kappa shape index (κ1) is 13.8. The molecule has 0 spiro atoms. The minimum absolute atomic E-state index is 0.216. The number of benzene rings is 3. The van der Waals surface area contributed by atoms with Gasteiger partial charge in [-0.25, -0.2) is 4.39 Å². The molecular weight excluding hydrogens is 333 g/mol. The van der Waals surface area contributed by atoms with Gasteiger partial charge in [0.15, 0.2) is 0 Å². The minimum atomic E-state index is -0.329. The Morgan fingerprint density at radius 1 is 0.905 bits per heavy atom. The van der Waals surface area contributed by atoms with Crippen LogP contribution in [0.15, 0.2) is 65.1 Å². The van der Waals surface area contributed by atoms with Crippen LogP contribution in [-0.4, -0.2) is 5.91 Å². The van der Waals surface area contributed by atoms with Crippen LogP contribution in [0.2, 0.25) is 0 Å². The summed E-state index contributed by atoms with van der Waals surface area (Å²) in [6.45, 7) is 0. The van der Waals surface area contributed by atoms with Crippen LogP contribution >= 0.6 is 15.9 Å². The smallest absolute Gasteiger partial charge is 0.255 e. The lowest BCUT2D eigenvalue weighted by Gasteiger charge is -2.06. The van der Waals surface area contributed by atoms with Crippen molar-refractivity contribution in [2.75, 3.05) is 5.32 Å². The van der Waals surface area contributed by atoms with Crippen LogP contribution in [0.1, 0.15) is 10.4 Å². The molecule has 0 saturated carbocycles. The van der Waals surface area contributed by atoms with Crippen molar-refractivity contribution >= 4 is 38.3 Å². The van der Waals surface area contributed by atoms with Crippen molar-refractivity contribution in [3.63, 3.8) is 0 Å². The molecule has 3 aromatic rings. The average Bonchev–Trinajstić information content (AvgIpc) is 2.49. The SMILES string of the molecule is O=C(Nc1ccc(F)cc1)c1ccc2cc(Br)ccc2c1. The second-order valence-corrected chi connectivity index (χ2v) is 5.58. The lowest BCUT2D eigenvalue weighted by Crippen LogP contribution is -2.11. The van der Waals surface area contributed by atoms with E-state index >= 15 is 0 Å². The normalized spacial score (nSPS) is 10.6. The Balaban J connectivity index is 1.87. The maximum absolute atomic E-state index is 12.8. The number of nitrogens with one attached hydrogen (secondary N) is 1. The van der Waals surface area contributed by atoms with E-state index in [1.54, 1.807) is 6.07 Å². The Morgan fingerprint density at radius 2 is 1.57 bits per heavy atom. The minimum Gasteiger partial charge on any atom is -0.322 e. The van der Waals surface area contributed by atoms with Crippen LogP contribution < -0.4 is 5.32 Å². The zero-order chi connectivity index (χ0) is 14.8. The first-order valence-electron chi connectivity index (χ1n) is 6.38. The van der Waals surface area contributed by atoms with E-state index in [4.69, 9.17) is 0 Å². The number of carbonyl (C=O) groups excluding carboxylic acids is 1. The van der Waals surface area contributed by atoms with Gasteiger partial charge in [0.05, 0.1) is 0 Å². The largest absolute Gasteiger partial charge is 0.322 e. The van der Waals surface area contributed by atoms with Gasteiger partial charge in [0, 0.05) is 15.7 Å². The van der Waals surface area contributed by atoms with Gasteiger partial charge in [0.25, 0.3) is 5.91 Å². The van der Waals surface area contributed by atoms with Crippen molar-refractivity contribution in [3.05, 3.63) is 76.5 Å². The van der Waals surface area contributed by atoms with Crippen LogP contribution in [0.25, 0.3) is 10.8 Å². The van der Waals surface area contributed by atoms with Gasteiger partial charge in [-0.3, -0.25) is 4.79 Å². The number of halogens is 2. The van der Waals surface area contributed by atoms with E-state index in [0.29, 0.717) is 11.3 Å². The third-order valence-corrected chi connectivity index (χ3v) is 3.66. The number of hydrogen-bond acceptors (Lipinski definition) is 1. The molecule has 0 unspecified atom stereocenters. The summed E-state index contributed by atoms with van der Waals surface area (Å²) in [5, 5.41) is 4.80. The highest BCUT2D eigenvalue weighted by molar-refractivity contribution is 9.10. The van der Waals surface area contributed by atoms with Gasteiger partial charge in [-0.2, -0.15) is 0 Å². The van der Waals surface area contributed by atoms with Crippen LogP contribution in [0.3, 0.4) is 0 Å². The Kier molecular flexibility index (Phi) is 3.71. The van der Waals surface area contributed by atoms with E-state index in [2.05, 4.69) is 21.2 Å². The molecule has 0 aliphatic carbocycles. The number of rotatable bonds is 2. The molecule has 2 nitrogen and oxygen atoms in total. The monoisotopic (exact) mass is 343 g/mol. The molecule has 0 heterocycles. The summed E-state index contributed by atoms with van der Waals surface area (Å²) in [6, 6.07) is 17.1. The van der Waals surface area contributed by atoms with Crippen LogP contribution in [0.5, 0.6) is 0 Å². The molecule has 0 aromatic heterocycles. The summed E-state index contributed by atoms with van der Waals surface area (Å²) in [7, 11) is 0. The fourth-order valence-electron chi connectivity index (χ4n) is 2.09. The summed E-state index contributed by atoms with van der Waals surface area (Å²) in [4.78, 5) is 12.2. The molecule has 0 aliphatic rings. The van der Waals surface area contributed by atoms with E-state index in [1.807, 2.05) is 30.3 Å². The standard InChI is InChI=1S/C17H11BrFNO/c18-14-4-3-11-9-13(2-1-12(11)10-14)17(21)20-16-7-5-15(19)6-8-16/h1-10H,(H,20,21). The lowest BCUT2D eigenvalue weighted by molar-refractivity contribution is 0.102. The zero-order valence-corrected chi connectivity index (χ0v) is 12.5. The van der Waals surface area contributed by atoms with Gasteiger partial charge in [-0.1, -0.05) is 28.1 Å². The number of carbonyl (C=O) groups is 1. The van der Waals surface area contributed by atoms with Crippen LogP contribution in [-0.2, 0) is 0 Å². The Labute approximate surface area is 129 Å². The molecule has 1 amide bonds. The number of amides is 1. The molecule has 21 heavy (non-hydrogen) atoms. The van der Waals surface area contributed by atoms with Crippen molar-refractivity contribution in [1.82, 2.24) is 0 Å². The first-order valence-corrected chi connectivity index (χ1v) is 7.17. The van der Waals surface area contributed by atoms with Crippen molar-refractivity contribution in [3.8, 4) is 0 Å². The summed E-state index contributed by atoms with van der Waals surface area (Å²) in [5.41, 5.74) is 1.13. The summed E-state index contributed by atoms with van der Waals surface area (Å²) >= 11 is 3.42. The highest BCUT2D eigenvalue weighted by Crippen LogP contribution is 2.21. The molecule has 0 aliphatic heterocycles. The van der Waals surface area contributed by atoms with E-state index in [0.717, 1.165) is 15.2 Å². The van der Waals surface area contributed by atoms with Gasteiger partial charge in [0.2, 0.25) is 0 Å². The van der Waals surface area contributed by atoms with Crippen LogP contribution in [0.4, 0.5) is 10.1 Å². The van der Waals surface area contributed by atoms with E-state index < -0.39 is 0 Å². The van der Waals surface area contributed by atoms with E-state index in [-0.39, 0.29) is 11.7 Å². The van der Waals surface area contributed by atoms with Crippen molar-refractivity contribution in [2.24, 2.45) is 0 Å². The zero-order valence-electron chi connectivity index (χ0n) is 10.9. The van der Waals surface area contributed by atoms with E-state index in [1.165, 1.54) is 24.3 Å². The predicted molar refractivity (Wildman–Crippen MR) is 86.0 cm³/mol.